The predicted octanol–water partition coefficient (Wildman–Crippen LogP) is 8.76. The number of rotatable bonds is 33. The fourth-order valence-corrected chi connectivity index (χ4v) is 5.70. The number of carbonyl (C=O) groups excluding carboxylic acids is 1. The number of esters is 1. The zero-order valence-corrected chi connectivity index (χ0v) is 27.4. The molecule has 0 aromatic carbocycles. The lowest BCUT2D eigenvalue weighted by atomic mass is 10.0. The molecule has 9 heteroatoms. The summed E-state index contributed by atoms with van der Waals surface area (Å²) in [6.07, 6.45) is 31.2. The van der Waals surface area contributed by atoms with Crippen molar-refractivity contribution in [3.63, 3.8) is 0 Å². The average Bonchev–Trinajstić information content (AvgIpc) is 2.96. The maximum Gasteiger partial charge on any atom is 0.472 e. The van der Waals surface area contributed by atoms with Crippen LogP contribution >= 0.6 is 7.82 Å². The summed E-state index contributed by atoms with van der Waals surface area (Å²) in [5.74, 6) is -0.380. The second-order valence-electron chi connectivity index (χ2n) is 11.6. The zero-order valence-electron chi connectivity index (χ0n) is 26.5. The first-order chi connectivity index (χ1) is 19.9. The molecule has 246 valence electrons. The Morgan fingerprint density at radius 2 is 1.00 bits per heavy atom. The van der Waals surface area contributed by atoms with Gasteiger partial charge in [0.15, 0.2) is 0 Å². The molecule has 0 aliphatic carbocycles. The molecule has 0 radical (unpaired) electrons. The maximum atomic E-state index is 11.8. The average molecular weight is 608 g/mol. The van der Waals surface area contributed by atoms with Crippen molar-refractivity contribution in [3.8, 4) is 0 Å². The molecule has 0 heterocycles. The van der Waals surface area contributed by atoms with Gasteiger partial charge in [-0.3, -0.25) is 13.8 Å². The minimum atomic E-state index is -4.24. The van der Waals surface area contributed by atoms with Crippen LogP contribution in [0.25, 0.3) is 0 Å². The van der Waals surface area contributed by atoms with E-state index >= 15 is 0 Å². The van der Waals surface area contributed by atoms with Crippen molar-refractivity contribution in [1.29, 1.82) is 0 Å². The van der Waals surface area contributed by atoms with Crippen molar-refractivity contribution in [3.05, 3.63) is 0 Å². The van der Waals surface area contributed by atoms with Crippen LogP contribution in [-0.4, -0.2) is 48.4 Å². The molecule has 0 bridgehead atoms. The number of hydrogen-bond acceptors (Lipinski definition) is 7. The first kappa shape index (κ1) is 40.5. The van der Waals surface area contributed by atoms with Crippen LogP contribution in [0.1, 0.15) is 167 Å². The van der Waals surface area contributed by atoms with E-state index in [2.05, 4.69) is 16.0 Å². The normalized spacial score (nSPS) is 13.8. The summed E-state index contributed by atoms with van der Waals surface area (Å²) in [5.41, 5.74) is 5.19. The highest BCUT2D eigenvalue weighted by Gasteiger charge is 2.22. The second kappa shape index (κ2) is 30.9. The Morgan fingerprint density at radius 3 is 1.37 bits per heavy atom. The summed E-state index contributed by atoms with van der Waals surface area (Å²) >= 11 is 0. The number of ether oxygens (including phenoxy) is 1. The van der Waals surface area contributed by atoms with Crippen molar-refractivity contribution >= 4 is 13.8 Å². The van der Waals surface area contributed by atoms with Crippen molar-refractivity contribution in [2.75, 3.05) is 26.4 Å². The summed E-state index contributed by atoms with van der Waals surface area (Å²) in [4.78, 5) is 21.2. The fourth-order valence-electron chi connectivity index (χ4n) is 4.93. The lowest BCUT2D eigenvalue weighted by Crippen LogP contribution is -2.23. The Bertz CT molecular complexity index is 609. The molecule has 0 spiro atoms. The van der Waals surface area contributed by atoms with Gasteiger partial charge in [-0.05, 0) is 6.42 Å². The second-order valence-corrected chi connectivity index (χ2v) is 13.1. The van der Waals surface area contributed by atoms with Gasteiger partial charge in [0.1, 0.15) is 12.7 Å². The van der Waals surface area contributed by atoms with Gasteiger partial charge in [-0.25, -0.2) is 4.57 Å². The molecule has 8 nitrogen and oxygen atoms in total. The van der Waals surface area contributed by atoms with Crippen molar-refractivity contribution in [2.45, 2.75) is 174 Å². The molecule has 0 fully saturated rings. The lowest BCUT2D eigenvalue weighted by Gasteiger charge is -2.15. The van der Waals surface area contributed by atoms with Crippen LogP contribution in [0.3, 0.4) is 0 Å². The number of aliphatic hydroxyl groups excluding tert-OH is 1. The van der Waals surface area contributed by atoms with Gasteiger partial charge in [0, 0.05) is 13.0 Å². The van der Waals surface area contributed by atoms with Crippen molar-refractivity contribution in [1.82, 2.24) is 0 Å². The Morgan fingerprint density at radius 1 is 0.634 bits per heavy atom. The Hall–Kier alpha value is -0.500. The van der Waals surface area contributed by atoms with Gasteiger partial charge in [-0.2, -0.15) is 0 Å². The lowest BCUT2D eigenvalue weighted by molar-refractivity contribution is -0.147. The highest BCUT2D eigenvalue weighted by Crippen LogP contribution is 2.42. The highest BCUT2D eigenvalue weighted by atomic mass is 31.2. The first-order valence-electron chi connectivity index (χ1n) is 17.1. The number of carbonyl (C=O) groups is 1. The van der Waals surface area contributed by atoms with E-state index in [1.807, 2.05) is 0 Å². The molecule has 0 saturated heterocycles. The first-order valence-corrected chi connectivity index (χ1v) is 18.6. The molecular weight excluding hydrogens is 541 g/mol. The Labute approximate surface area is 252 Å². The molecule has 0 amide bonds. The van der Waals surface area contributed by atoms with Crippen LogP contribution in [0.5, 0.6) is 0 Å². The largest absolute Gasteiger partial charge is 0.472 e. The van der Waals surface area contributed by atoms with Crippen LogP contribution in [0.4, 0.5) is 0 Å². The van der Waals surface area contributed by atoms with E-state index in [0.717, 1.165) is 19.3 Å². The minimum Gasteiger partial charge on any atom is -0.463 e. The summed E-state index contributed by atoms with van der Waals surface area (Å²) in [5, 5.41) is 9.73. The van der Waals surface area contributed by atoms with E-state index in [1.165, 1.54) is 135 Å². The monoisotopic (exact) mass is 607 g/mol. The quantitative estimate of drug-likeness (QED) is 0.0384. The molecule has 0 aliphatic rings. The molecule has 2 unspecified atom stereocenters. The van der Waals surface area contributed by atoms with Gasteiger partial charge in [0.2, 0.25) is 0 Å². The Kier molecular flexibility index (Phi) is 30.6. The molecule has 0 aliphatic heterocycles. The van der Waals surface area contributed by atoms with Gasteiger partial charge in [-0.15, -0.1) is 0 Å². The summed E-state index contributed by atoms with van der Waals surface area (Å²) < 4.78 is 25.7. The molecule has 0 aromatic heterocycles. The van der Waals surface area contributed by atoms with E-state index in [0.29, 0.717) is 6.42 Å². The summed E-state index contributed by atoms with van der Waals surface area (Å²) in [7, 11) is -4.24. The molecular formula is C32H66NO7P. The number of phosphoric ester groups is 1. The van der Waals surface area contributed by atoms with Crippen molar-refractivity contribution < 1.29 is 33.1 Å². The highest BCUT2D eigenvalue weighted by molar-refractivity contribution is 7.47. The number of hydrogen-bond donors (Lipinski definition) is 3. The summed E-state index contributed by atoms with van der Waals surface area (Å²) in [6.45, 7) is 1.48. The van der Waals surface area contributed by atoms with E-state index in [4.69, 9.17) is 10.5 Å². The van der Waals surface area contributed by atoms with E-state index in [-0.39, 0.29) is 25.7 Å². The third-order valence-electron chi connectivity index (χ3n) is 7.47. The molecule has 0 saturated carbocycles. The molecule has 0 rings (SSSR count). The number of phosphoric acid groups is 1. The molecule has 0 aromatic rings. The standard InChI is InChI=1S/C32H66NO7P/c1-2-3-4-5-6-7-8-9-10-11-12-13-14-15-16-17-18-19-20-21-22-23-24-25-26-32(35)38-29-31(34)30-40-41(36,37)39-28-27-33/h31,34H,2-30,33H2,1H3,(H,36,37). The topological polar surface area (TPSA) is 128 Å². The van der Waals surface area contributed by atoms with Crippen LogP contribution < -0.4 is 5.73 Å². The molecule has 4 N–H and O–H groups in total. The van der Waals surface area contributed by atoms with Gasteiger partial charge in [0.05, 0.1) is 13.2 Å². The van der Waals surface area contributed by atoms with Crippen LogP contribution in [-0.2, 0) is 23.1 Å². The third-order valence-corrected chi connectivity index (χ3v) is 8.46. The zero-order chi connectivity index (χ0) is 30.3. The van der Waals surface area contributed by atoms with Crippen LogP contribution in [0.2, 0.25) is 0 Å². The van der Waals surface area contributed by atoms with Crippen LogP contribution in [0, 0.1) is 0 Å². The van der Waals surface area contributed by atoms with Crippen LogP contribution in [0.15, 0.2) is 0 Å². The van der Waals surface area contributed by atoms with Gasteiger partial charge >= 0.3 is 13.8 Å². The SMILES string of the molecule is CCCCCCCCCCCCCCCCCCCCCCCCCCC(=O)OCC(O)COP(=O)(O)OCCN. The maximum absolute atomic E-state index is 11.8. The number of aliphatic hydroxyl groups is 1. The van der Waals surface area contributed by atoms with Gasteiger partial charge in [-0.1, -0.05) is 155 Å². The summed E-state index contributed by atoms with van der Waals surface area (Å²) in [6, 6.07) is 0. The molecule has 2 atom stereocenters. The van der Waals surface area contributed by atoms with E-state index in [1.54, 1.807) is 0 Å². The predicted molar refractivity (Wildman–Crippen MR) is 169 cm³/mol. The minimum absolute atomic E-state index is 0.0771. The number of nitrogens with two attached hydrogens (primary N) is 1. The van der Waals surface area contributed by atoms with Gasteiger partial charge < -0.3 is 20.5 Å². The number of unbranched alkanes of at least 4 members (excludes halogenated alkanes) is 23. The molecule has 41 heavy (non-hydrogen) atoms. The fraction of sp³-hybridized carbons (Fsp3) is 0.969. The van der Waals surface area contributed by atoms with Crippen molar-refractivity contribution in [2.24, 2.45) is 5.73 Å². The van der Waals surface area contributed by atoms with E-state index < -0.39 is 20.5 Å². The Balaban J connectivity index is 3.29. The van der Waals surface area contributed by atoms with Gasteiger partial charge in [0.25, 0.3) is 0 Å². The smallest absolute Gasteiger partial charge is 0.463 e. The third kappa shape index (κ3) is 32.3. The van der Waals surface area contributed by atoms with E-state index in [9.17, 15) is 19.4 Å².